The minimum absolute atomic E-state index is 0.366. The maximum Gasteiger partial charge on any atom is 0.375 e. The first kappa shape index (κ1) is 9.12. The van der Waals surface area contributed by atoms with Crippen LogP contribution in [-0.4, -0.2) is 16.2 Å². The number of hydrogen-bond donors (Lipinski definition) is 2. The zero-order chi connectivity index (χ0) is 9.68. The molecular weight excluding hydrogens is 172 g/mol. The van der Waals surface area contributed by atoms with Gasteiger partial charge in [-0.25, -0.2) is 4.79 Å². The molecule has 0 aliphatic heterocycles. The van der Waals surface area contributed by atoms with E-state index in [-0.39, 0.29) is 0 Å². The van der Waals surface area contributed by atoms with Crippen molar-refractivity contribution >= 4 is 5.97 Å². The van der Waals surface area contributed by atoms with Gasteiger partial charge in [-0.2, -0.15) is 0 Å². The maximum atomic E-state index is 10.4. The van der Waals surface area contributed by atoms with E-state index in [1.807, 2.05) is 0 Å². The van der Waals surface area contributed by atoms with Gasteiger partial charge in [0.1, 0.15) is 12.0 Å². The summed E-state index contributed by atoms with van der Waals surface area (Å²) in [6, 6.07) is 8.35. The highest BCUT2D eigenvalue weighted by molar-refractivity contribution is 5.84. The first-order valence-electron chi connectivity index (χ1n) is 3.54. The molecule has 0 aromatic heterocycles. The minimum Gasteiger partial charge on any atom is -0.511 e. The third-order valence-corrected chi connectivity index (χ3v) is 1.30. The van der Waals surface area contributed by atoms with E-state index in [2.05, 4.69) is 0 Å². The fourth-order valence-electron chi connectivity index (χ4n) is 0.741. The predicted molar refractivity (Wildman–Crippen MR) is 45.4 cm³/mol. The van der Waals surface area contributed by atoms with Gasteiger partial charge in [0.05, 0.1) is 0 Å². The van der Waals surface area contributed by atoms with Crippen LogP contribution in [0.4, 0.5) is 0 Å². The highest BCUT2D eigenvalue weighted by Crippen LogP contribution is 2.12. The van der Waals surface area contributed by atoms with Gasteiger partial charge in [0.15, 0.2) is 0 Å². The zero-order valence-corrected chi connectivity index (χ0v) is 6.68. The second-order valence-electron chi connectivity index (χ2n) is 2.21. The number of benzene rings is 1. The summed E-state index contributed by atoms with van der Waals surface area (Å²) in [7, 11) is 0. The Bertz CT molecular complexity index is 316. The number of aliphatic hydroxyl groups excluding tert-OH is 1. The Kier molecular flexibility index (Phi) is 2.92. The number of aliphatic hydroxyl groups is 1. The molecule has 4 nitrogen and oxygen atoms in total. The van der Waals surface area contributed by atoms with Crippen LogP contribution in [0.1, 0.15) is 0 Å². The van der Waals surface area contributed by atoms with Gasteiger partial charge >= 0.3 is 5.97 Å². The number of para-hydroxylation sites is 1. The Morgan fingerprint density at radius 2 is 1.92 bits per heavy atom. The van der Waals surface area contributed by atoms with Crippen LogP contribution in [0.15, 0.2) is 42.4 Å². The molecular formula is C9H8O4. The molecule has 0 aliphatic rings. The van der Waals surface area contributed by atoms with Crippen molar-refractivity contribution < 1.29 is 19.7 Å². The molecule has 4 heteroatoms. The molecule has 0 aliphatic carbocycles. The van der Waals surface area contributed by atoms with Crippen molar-refractivity contribution in [2.24, 2.45) is 0 Å². The molecule has 1 rings (SSSR count). The van der Waals surface area contributed by atoms with E-state index < -0.39 is 11.7 Å². The number of aliphatic carboxylic acids is 1. The molecule has 0 radical (unpaired) electrons. The van der Waals surface area contributed by atoms with Gasteiger partial charge in [-0.3, -0.25) is 0 Å². The van der Waals surface area contributed by atoms with Gasteiger partial charge in [0.25, 0.3) is 0 Å². The molecule has 0 fully saturated rings. The van der Waals surface area contributed by atoms with Crippen LogP contribution in [0.3, 0.4) is 0 Å². The molecule has 1 aromatic carbocycles. The number of carboxylic acids is 1. The lowest BCUT2D eigenvalue weighted by Gasteiger charge is -2.03. The Labute approximate surface area is 74.7 Å². The summed E-state index contributed by atoms with van der Waals surface area (Å²) < 4.78 is 4.84. The SMILES string of the molecule is O=C(O)C(=CO)Oc1ccccc1. The molecule has 2 N–H and O–H groups in total. The quantitative estimate of drug-likeness (QED) is 0.547. The summed E-state index contributed by atoms with van der Waals surface area (Å²) in [5, 5.41) is 17.0. The highest BCUT2D eigenvalue weighted by atomic mass is 16.5. The van der Waals surface area contributed by atoms with Gasteiger partial charge in [0, 0.05) is 0 Å². The van der Waals surface area contributed by atoms with Crippen molar-refractivity contribution in [1.82, 2.24) is 0 Å². The Morgan fingerprint density at radius 1 is 1.31 bits per heavy atom. The smallest absolute Gasteiger partial charge is 0.375 e. The summed E-state index contributed by atoms with van der Waals surface area (Å²) in [6.45, 7) is 0. The normalized spacial score (nSPS) is 10.9. The van der Waals surface area contributed by atoms with Gasteiger partial charge in [-0.15, -0.1) is 0 Å². The van der Waals surface area contributed by atoms with Crippen molar-refractivity contribution in [3.8, 4) is 5.75 Å². The molecule has 0 heterocycles. The van der Waals surface area contributed by atoms with Crippen LogP contribution < -0.4 is 4.74 Å². The lowest BCUT2D eigenvalue weighted by molar-refractivity contribution is -0.135. The van der Waals surface area contributed by atoms with Crippen molar-refractivity contribution in [2.45, 2.75) is 0 Å². The first-order valence-corrected chi connectivity index (χ1v) is 3.54. The lowest BCUT2D eigenvalue weighted by Crippen LogP contribution is -2.07. The molecule has 1 aromatic rings. The summed E-state index contributed by atoms with van der Waals surface area (Å²) >= 11 is 0. The third-order valence-electron chi connectivity index (χ3n) is 1.30. The van der Waals surface area contributed by atoms with E-state index in [1.54, 1.807) is 30.3 Å². The molecule has 13 heavy (non-hydrogen) atoms. The molecule has 0 saturated carbocycles. The van der Waals surface area contributed by atoms with Crippen LogP contribution in [-0.2, 0) is 4.79 Å². The fraction of sp³-hybridized carbons (Fsp3) is 0. The van der Waals surface area contributed by atoms with Crippen LogP contribution in [0.2, 0.25) is 0 Å². The summed E-state index contributed by atoms with van der Waals surface area (Å²) in [4.78, 5) is 10.4. The van der Waals surface area contributed by atoms with Crippen LogP contribution in [0.5, 0.6) is 5.75 Å². The highest BCUT2D eigenvalue weighted by Gasteiger charge is 2.09. The fourth-order valence-corrected chi connectivity index (χ4v) is 0.741. The largest absolute Gasteiger partial charge is 0.511 e. The van der Waals surface area contributed by atoms with Gasteiger partial charge in [-0.05, 0) is 12.1 Å². The molecule has 0 atom stereocenters. The van der Waals surface area contributed by atoms with Crippen molar-refractivity contribution in [2.75, 3.05) is 0 Å². The van der Waals surface area contributed by atoms with Crippen molar-refractivity contribution in [1.29, 1.82) is 0 Å². The monoisotopic (exact) mass is 180 g/mol. The number of hydrogen-bond acceptors (Lipinski definition) is 3. The Balaban J connectivity index is 2.74. The van der Waals surface area contributed by atoms with E-state index in [1.165, 1.54) is 0 Å². The Morgan fingerprint density at radius 3 is 2.38 bits per heavy atom. The van der Waals surface area contributed by atoms with E-state index in [9.17, 15) is 4.79 Å². The number of ether oxygens (including phenoxy) is 1. The lowest BCUT2D eigenvalue weighted by atomic mass is 10.3. The van der Waals surface area contributed by atoms with E-state index in [0.717, 1.165) is 0 Å². The average molecular weight is 180 g/mol. The molecule has 0 amide bonds. The third kappa shape index (κ3) is 2.52. The number of carboxylic acid groups (broad SMARTS) is 1. The van der Waals surface area contributed by atoms with Crippen LogP contribution in [0, 0.1) is 0 Å². The first-order chi connectivity index (χ1) is 6.24. The average Bonchev–Trinajstić information content (AvgIpc) is 2.15. The maximum absolute atomic E-state index is 10.4. The van der Waals surface area contributed by atoms with Crippen molar-refractivity contribution in [3.05, 3.63) is 42.4 Å². The minimum atomic E-state index is -1.31. The second-order valence-corrected chi connectivity index (χ2v) is 2.21. The summed E-state index contributed by atoms with van der Waals surface area (Å²) in [5.74, 6) is -1.46. The second kappa shape index (κ2) is 4.15. The molecule has 68 valence electrons. The van der Waals surface area contributed by atoms with Gasteiger partial charge in [-0.1, -0.05) is 18.2 Å². The van der Waals surface area contributed by atoms with Crippen LogP contribution in [0.25, 0.3) is 0 Å². The van der Waals surface area contributed by atoms with E-state index >= 15 is 0 Å². The van der Waals surface area contributed by atoms with Crippen LogP contribution >= 0.6 is 0 Å². The van der Waals surface area contributed by atoms with Gasteiger partial charge < -0.3 is 14.9 Å². The van der Waals surface area contributed by atoms with E-state index in [0.29, 0.717) is 12.0 Å². The molecule has 0 bridgehead atoms. The molecule has 0 spiro atoms. The van der Waals surface area contributed by atoms with E-state index in [4.69, 9.17) is 14.9 Å². The van der Waals surface area contributed by atoms with Gasteiger partial charge in [0.2, 0.25) is 5.76 Å². The van der Waals surface area contributed by atoms with Crippen molar-refractivity contribution in [3.63, 3.8) is 0 Å². The Hall–Kier alpha value is -1.97. The zero-order valence-electron chi connectivity index (χ0n) is 6.68. The predicted octanol–water partition coefficient (Wildman–Crippen LogP) is 1.55. The summed E-state index contributed by atoms with van der Waals surface area (Å²) in [5.41, 5.74) is 0. The number of carbonyl (C=O) groups is 1. The standard InChI is InChI=1S/C9H8O4/c10-6-8(9(11)12)13-7-4-2-1-3-5-7/h1-6,10H,(H,11,12). The summed E-state index contributed by atoms with van der Waals surface area (Å²) in [6.07, 6.45) is 0.412. The molecule has 0 saturated heterocycles. The molecule has 0 unspecified atom stereocenters. The number of rotatable bonds is 3. The topological polar surface area (TPSA) is 66.8 Å².